The minimum absolute atomic E-state index is 0.231. The lowest BCUT2D eigenvalue weighted by Crippen LogP contribution is -2.29. The third-order valence-electron chi connectivity index (χ3n) is 3.00. The van der Waals surface area contributed by atoms with Gasteiger partial charge in [0.1, 0.15) is 5.75 Å². The Morgan fingerprint density at radius 2 is 2.10 bits per heavy atom. The van der Waals surface area contributed by atoms with Crippen LogP contribution in [0.15, 0.2) is 29.2 Å². The molecule has 0 atom stereocenters. The Bertz CT molecular complexity index is 571. The van der Waals surface area contributed by atoms with Gasteiger partial charge in [0.15, 0.2) is 0 Å². The van der Waals surface area contributed by atoms with Crippen molar-refractivity contribution in [3.8, 4) is 5.75 Å². The first kappa shape index (κ1) is 15.6. The summed E-state index contributed by atoms with van der Waals surface area (Å²) in [5, 5.41) is -0.231. The van der Waals surface area contributed by atoms with Crippen LogP contribution in [0.4, 0.5) is 4.79 Å². The Morgan fingerprint density at radius 1 is 1.29 bits per heavy atom. The molecule has 112 valence electrons. The van der Waals surface area contributed by atoms with Crippen molar-refractivity contribution in [2.75, 3.05) is 27.4 Å². The molecular weight excluding hydrogens is 290 g/mol. The van der Waals surface area contributed by atoms with Crippen molar-refractivity contribution in [2.45, 2.75) is 6.42 Å². The predicted octanol–water partition coefficient (Wildman–Crippen LogP) is 2.77. The molecule has 1 saturated heterocycles. The van der Waals surface area contributed by atoms with Crippen molar-refractivity contribution < 1.29 is 19.1 Å². The number of methoxy groups -OCH3 is 2. The zero-order chi connectivity index (χ0) is 15.2. The van der Waals surface area contributed by atoms with Crippen molar-refractivity contribution in [2.24, 2.45) is 0 Å². The lowest BCUT2D eigenvalue weighted by molar-refractivity contribution is -0.122. The predicted molar refractivity (Wildman–Crippen MR) is 82.2 cm³/mol. The number of nitrogens with zero attached hydrogens (tertiary/aromatic N) is 1. The molecule has 0 N–H and O–H groups in total. The Labute approximate surface area is 127 Å². The standard InChI is InChI=1S/C15H17NO4S/c1-19-8-4-7-16-14(17)13(21-15(16)18)10-11-5-3-6-12(9-11)20-2/h3,5-6,9-10H,4,7-8H2,1-2H3/b13-10+. The minimum Gasteiger partial charge on any atom is -0.497 e. The molecule has 0 bridgehead atoms. The third-order valence-corrected chi connectivity index (χ3v) is 3.90. The van der Waals surface area contributed by atoms with Gasteiger partial charge in [-0.05, 0) is 42.0 Å². The molecule has 6 heteroatoms. The maximum Gasteiger partial charge on any atom is 0.293 e. The molecule has 1 aliphatic rings. The zero-order valence-electron chi connectivity index (χ0n) is 12.0. The molecule has 0 saturated carbocycles. The average molecular weight is 307 g/mol. The first-order valence-electron chi connectivity index (χ1n) is 6.54. The summed E-state index contributed by atoms with van der Waals surface area (Å²) in [5.74, 6) is 0.465. The van der Waals surface area contributed by atoms with Gasteiger partial charge in [-0.1, -0.05) is 12.1 Å². The molecule has 5 nitrogen and oxygen atoms in total. The van der Waals surface area contributed by atoms with Crippen LogP contribution in [0.2, 0.25) is 0 Å². The number of rotatable bonds is 6. The summed E-state index contributed by atoms with van der Waals surface area (Å²) in [5.41, 5.74) is 0.830. The van der Waals surface area contributed by atoms with E-state index >= 15 is 0 Å². The number of benzene rings is 1. The lowest BCUT2D eigenvalue weighted by Gasteiger charge is -2.11. The number of carbonyl (C=O) groups is 2. The number of hydrogen-bond donors (Lipinski definition) is 0. The number of amides is 2. The maximum atomic E-state index is 12.2. The molecule has 2 rings (SSSR count). The fraction of sp³-hybridized carbons (Fsp3) is 0.333. The molecule has 0 unspecified atom stereocenters. The van der Waals surface area contributed by atoms with E-state index in [1.165, 1.54) is 4.90 Å². The van der Waals surface area contributed by atoms with Gasteiger partial charge in [0, 0.05) is 20.3 Å². The summed E-state index contributed by atoms with van der Waals surface area (Å²) >= 11 is 0.965. The highest BCUT2D eigenvalue weighted by atomic mass is 32.2. The molecule has 1 fully saturated rings. The Balaban J connectivity index is 2.12. The number of thioether (sulfide) groups is 1. The number of hydrogen-bond acceptors (Lipinski definition) is 5. The van der Waals surface area contributed by atoms with Crippen LogP contribution < -0.4 is 4.74 Å². The van der Waals surface area contributed by atoms with E-state index in [4.69, 9.17) is 9.47 Å². The van der Waals surface area contributed by atoms with Gasteiger partial charge in [0.2, 0.25) is 0 Å². The van der Waals surface area contributed by atoms with E-state index in [1.807, 2.05) is 24.3 Å². The van der Waals surface area contributed by atoms with E-state index in [-0.39, 0.29) is 11.1 Å². The van der Waals surface area contributed by atoms with Gasteiger partial charge < -0.3 is 9.47 Å². The van der Waals surface area contributed by atoms with Crippen molar-refractivity contribution in [1.29, 1.82) is 0 Å². The van der Waals surface area contributed by atoms with E-state index in [2.05, 4.69) is 0 Å². The number of imide groups is 1. The summed E-state index contributed by atoms with van der Waals surface area (Å²) in [6.07, 6.45) is 2.35. The van der Waals surface area contributed by atoms with Crippen LogP contribution in [0, 0.1) is 0 Å². The van der Waals surface area contributed by atoms with Crippen molar-refractivity contribution in [3.63, 3.8) is 0 Å². The van der Waals surface area contributed by atoms with Gasteiger partial charge in [0.05, 0.1) is 12.0 Å². The van der Waals surface area contributed by atoms with E-state index < -0.39 is 0 Å². The second-order valence-electron chi connectivity index (χ2n) is 4.46. The molecule has 2 amide bonds. The third kappa shape index (κ3) is 3.86. The molecule has 0 aromatic heterocycles. The Morgan fingerprint density at radius 3 is 2.81 bits per heavy atom. The van der Waals surface area contributed by atoms with Crippen LogP contribution >= 0.6 is 11.8 Å². The lowest BCUT2D eigenvalue weighted by atomic mass is 10.2. The topological polar surface area (TPSA) is 55.8 Å². The van der Waals surface area contributed by atoms with Gasteiger partial charge in [-0.3, -0.25) is 14.5 Å². The number of ether oxygens (including phenoxy) is 2. The zero-order valence-corrected chi connectivity index (χ0v) is 12.8. The van der Waals surface area contributed by atoms with Gasteiger partial charge >= 0.3 is 0 Å². The molecular formula is C15H17NO4S. The van der Waals surface area contributed by atoms with Gasteiger partial charge in [0.25, 0.3) is 11.1 Å². The van der Waals surface area contributed by atoms with Crippen molar-refractivity contribution in [1.82, 2.24) is 4.90 Å². The second kappa shape index (κ2) is 7.28. The average Bonchev–Trinajstić information content (AvgIpc) is 2.75. The van der Waals surface area contributed by atoms with E-state index in [0.29, 0.717) is 30.2 Å². The van der Waals surface area contributed by atoms with Crippen LogP contribution in [-0.4, -0.2) is 43.4 Å². The highest BCUT2D eigenvalue weighted by Crippen LogP contribution is 2.32. The maximum absolute atomic E-state index is 12.2. The van der Waals surface area contributed by atoms with E-state index in [1.54, 1.807) is 20.3 Å². The van der Waals surface area contributed by atoms with Crippen LogP contribution in [0.1, 0.15) is 12.0 Å². The van der Waals surface area contributed by atoms with Crippen LogP contribution in [0.3, 0.4) is 0 Å². The molecule has 0 aliphatic carbocycles. The minimum atomic E-state index is -0.246. The fourth-order valence-electron chi connectivity index (χ4n) is 1.94. The molecule has 0 spiro atoms. The normalized spacial score (nSPS) is 16.9. The summed E-state index contributed by atoms with van der Waals surface area (Å²) in [6, 6.07) is 7.35. The van der Waals surface area contributed by atoms with Crippen molar-refractivity contribution >= 4 is 29.0 Å². The molecule has 0 radical (unpaired) electrons. The van der Waals surface area contributed by atoms with E-state index in [9.17, 15) is 9.59 Å². The smallest absolute Gasteiger partial charge is 0.293 e. The summed E-state index contributed by atoms with van der Waals surface area (Å²) < 4.78 is 10.1. The van der Waals surface area contributed by atoms with Crippen LogP contribution in [0.25, 0.3) is 6.08 Å². The molecule has 1 aliphatic heterocycles. The van der Waals surface area contributed by atoms with E-state index in [0.717, 1.165) is 17.3 Å². The van der Waals surface area contributed by atoms with Crippen molar-refractivity contribution in [3.05, 3.63) is 34.7 Å². The molecule has 1 heterocycles. The second-order valence-corrected chi connectivity index (χ2v) is 5.45. The molecule has 21 heavy (non-hydrogen) atoms. The first-order valence-corrected chi connectivity index (χ1v) is 7.35. The Kier molecular flexibility index (Phi) is 5.41. The number of carbonyl (C=O) groups excluding carboxylic acids is 2. The van der Waals surface area contributed by atoms with Gasteiger partial charge in [-0.25, -0.2) is 0 Å². The monoisotopic (exact) mass is 307 g/mol. The highest BCUT2D eigenvalue weighted by molar-refractivity contribution is 8.18. The molecule has 1 aromatic rings. The molecule has 1 aromatic carbocycles. The van der Waals surface area contributed by atoms with Crippen LogP contribution in [-0.2, 0) is 9.53 Å². The highest BCUT2D eigenvalue weighted by Gasteiger charge is 2.34. The fourth-order valence-corrected chi connectivity index (χ4v) is 2.81. The van der Waals surface area contributed by atoms with Gasteiger partial charge in [-0.2, -0.15) is 0 Å². The quantitative estimate of drug-likeness (QED) is 0.597. The summed E-state index contributed by atoms with van der Waals surface area (Å²) in [4.78, 5) is 25.8. The summed E-state index contributed by atoms with van der Waals surface area (Å²) in [6.45, 7) is 0.907. The largest absolute Gasteiger partial charge is 0.497 e. The van der Waals surface area contributed by atoms with Gasteiger partial charge in [-0.15, -0.1) is 0 Å². The van der Waals surface area contributed by atoms with Crippen LogP contribution in [0.5, 0.6) is 5.75 Å². The Hall–Kier alpha value is -1.79. The SMILES string of the molecule is COCCCN1C(=O)S/C(=C/c2cccc(OC)c2)C1=O. The summed E-state index contributed by atoms with van der Waals surface area (Å²) in [7, 11) is 3.18. The first-order chi connectivity index (χ1) is 10.2.